The van der Waals surface area contributed by atoms with Crippen LogP contribution in [-0.4, -0.2) is 4.98 Å². The number of nitrogens with zero attached hydrogens (tertiary/aromatic N) is 1. The summed E-state index contributed by atoms with van der Waals surface area (Å²) in [6.07, 6.45) is 1.58. The van der Waals surface area contributed by atoms with Crippen molar-refractivity contribution in [2.24, 2.45) is 0 Å². The highest BCUT2D eigenvalue weighted by Crippen LogP contribution is 2.24. The van der Waals surface area contributed by atoms with Crippen LogP contribution in [-0.2, 0) is 6.61 Å². The number of thiazole rings is 1. The highest BCUT2D eigenvalue weighted by atomic mass is 35.5. The molecule has 0 fully saturated rings. The lowest BCUT2D eigenvalue weighted by molar-refractivity contribution is 0.304. The number of ether oxygens (including phenoxy) is 1. The Hall–Kier alpha value is -1.26. The van der Waals surface area contributed by atoms with E-state index in [-0.39, 0.29) is 0 Å². The summed E-state index contributed by atoms with van der Waals surface area (Å²) in [6.45, 7) is 0.409. The van der Waals surface area contributed by atoms with Crippen molar-refractivity contribution in [3.63, 3.8) is 0 Å². The number of aromatic nitrogens is 1. The van der Waals surface area contributed by atoms with Gasteiger partial charge in [0, 0.05) is 10.6 Å². The van der Waals surface area contributed by atoms with Crippen molar-refractivity contribution in [2.75, 3.05) is 5.73 Å². The van der Waals surface area contributed by atoms with E-state index in [1.807, 2.05) is 24.3 Å². The Bertz CT molecular complexity index is 458. The van der Waals surface area contributed by atoms with Crippen LogP contribution in [0.5, 0.6) is 5.19 Å². The van der Waals surface area contributed by atoms with E-state index < -0.39 is 0 Å². The fourth-order valence-electron chi connectivity index (χ4n) is 1.09. The summed E-state index contributed by atoms with van der Waals surface area (Å²) in [5, 5.41) is 1.90. The number of rotatable bonds is 3. The number of hydrogen-bond donors (Lipinski definition) is 1. The number of nitrogens with two attached hydrogens (primary N) is 1. The van der Waals surface area contributed by atoms with E-state index in [1.54, 1.807) is 6.20 Å². The average Bonchev–Trinajstić information content (AvgIpc) is 2.63. The zero-order valence-corrected chi connectivity index (χ0v) is 9.39. The first-order valence-electron chi connectivity index (χ1n) is 4.33. The topological polar surface area (TPSA) is 48.1 Å². The van der Waals surface area contributed by atoms with Crippen LogP contribution in [0.15, 0.2) is 30.5 Å². The summed E-state index contributed by atoms with van der Waals surface area (Å²) in [6, 6.07) is 7.55. The molecule has 0 spiro atoms. The molecule has 3 nitrogen and oxygen atoms in total. The van der Waals surface area contributed by atoms with Gasteiger partial charge in [0.05, 0.1) is 6.20 Å². The Morgan fingerprint density at radius 1 is 1.40 bits per heavy atom. The molecular formula is C10H9ClN2OS. The molecule has 0 atom stereocenters. The summed E-state index contributed by atoms with van der Waals surface area (Å²) in [4.78, 5) is 3.99. The molecule has 0 saturated heterocycles. The van der Waals surface area contributed by atoms with Crippen molar-refractivity contribution in [1.29, 1.82) is 0 Å². The Labute approximate surface area is 96.5 Å². The van der Waals surface area contributed by atoms with Gasteiger partial charge in [0.2, 0.25) is 0 Å². The van der Waals surface area contributed by atoms with Crippen LogP contribution in [0.1, 0.15) is 5.56 Å². The van der Waals surface area contributed by atoms with Gasteiger partial charge in [-0.3, -0.25) is 0 Å². The number of hydrogen-bond acceptors (Lipinski definition) is 4. The molecule has 2 aromatic rings. The maximum atomic E-state index is 5.97. The van der Waals surface area contributed by atoms with Gasteiger partial charge in [-0.25, -0.2) is 4.98 Å². The summed E-state index contributed by atoms with van der Waals surface area (Å²) >= 11 is 7.29. The molecule has 0 aliphatic heterocycles. The molecule has 0 bridgehead atoms. The van der Waals surface area contributed by atoms with Crippen molar-refractivity contribution in [2.45, 2.75) is 6.61 Å². The maximum absolute atomic E-state index is 5.97. The number of halogens is 1. The van der Waals surface area contributed by atoms with Crippen molar-refractivity contribution in [1.82, 2.24) is 4.98 Å². The van der Waals surface area contributed by atoms with Gasteiger partial charge in [-0.1, -0.05) is 41.1 Å². The lowest BCUT2D eigenvalue weighted by atomic mass is 10.2. The Kier molecular flexibility index (Phi) is 3.08. The van der Waals surface area contributed by atoms with Crippen LogP contribution < -0.4 is 10.5 Å². The molecule has 0 unspecified atom stereocenters. The van der Waals surface area contributed by atoms with Gasteiger partial charge in [0.25, 0.3) is 5.19 Å². The fraction of sp³-hybridized carbons (Fsp3) is 0.100. The molecule has 1 heterocycles. The van der Waals surface area contributed by atoms with Crippen molar-refractivity contribution in [3.8, 4) is 5.19 Å². The first kappa shape index (κ1) is 10.3. The predicted octanol–water partition coefficient (Wildman–Crippen LogP) is 2.96. The molecule has 0 aliphatic rings. The SMILES string of the molecule is Nc1cnc(OCc2ccccc2Cl)s1. The molecule has 0 aliphatic carbocycles. The van der Waals surface area contributed by atoms with Crippen molar-refractivity contribution >= 4 is 27.9 Å². The molecule has 1 aromatic heterocycles. The van der Waals surface area contributed by atoms with E-state index in [1.165, 1.54) is 11.3 Å². The highest BCUT2D eigenvalue weighted by molar-refractivity contribution is 7.17. The van der Waals surface area contributed by atoms with Gasteiger partial charge in [-0.15, -0.1) is 0 Å². The lowest BCUT2D eigenvalue weighted by Gasteiger charge is -2.03. The van der Waals surface area contributed by atoms with E-state index in [0.717, 1.165) is 5.56 Å². The average molecular weight is 241 g/mol. The standard InChI is InChI=1S/C10H9ClN2OS/c11-8-4-2-1-3-7(8)6-14-10-13-5-9(12)15-10/h1-5H,6,12H2. The van der Waals surface area contributed by atoms with Gasteiger partial charge < -0.3 is 10.5 Å². The van der Waals surface area contributed by atoms with Gasteiger partial charge in [-0.05, 0) is 6.07 Å². The predicted molar refractivity (Wildman–Crippen MR) is 62.3 cm³/mol. The van der Waals surface area contributed by atoms with Crippen molar-refractivity contribution < 1.29 is 4.74 Å². The molecule has 0 amide bonds. The Morgan fingerprint density at radius 2 is 2.20 bits per heavy atom. The van der Waals surface area contributed by atoms with E-state index in [9.17, 15) is 0 Å². The smallest absolute Gasteiger partial charge is 0.275 e. The summed E-state index contributed by atoms with van der Waals surface area (Å²) in [5.41, 5.74) is 6.47. The van der Waals surface area contributed by atoms with E-state index in [4.69, 9.17) is 22.1 Å². The molecule has 2 rings (SSSR count). The molecule has 0 saturated carbocycles. The van der Waals surface area contributed by atoms with Gasteiger partial charge in [-0.2, -0.15) is 0 Å². The lowest BCUT2D eigenvalue weighted by Crippen LogP contribution is -1.95. The van der Waals surface area contributed by atoms with Gasteiger partial charge in [0.15, 0.2) is 0 Å². The van der Waals surface area contributed by atoms with Crippen LogP contribution in [0.3, 0.4) is 0 Å². The molecule has 0 radical (unpaired) electrons. The summed E-state index contributed by atoms with van der Waals surface area (Å²) in [7, 11) is 0. The largest absolute Gasteiger partial charge is 0.465 e. The van der Waals surface area contributed by atoms with Crippen LogP contribution in [0.2, 0.25) is 5.02 Å². The minimum atomic E-state index is 0.409. The first-order valence-corrected chi connectivity index (χ1v) is 5.52. The van der Waals surface area contributed by atoms with Crippen molar-refractivity contribution in [3.05, 3.63) is 41.0 Å². The second-order valence-electron chi connectivity index (χ2n) is 2.91. The number of nitrogen functional groups attached to an aromatic ring is 1. The van der Waals surface area contributed by atoms with Crippen LogP contribution in [0, 0.1) is 0 Å². The minimum absolute atomic E-state index is 0.409. The molecule has 78 valence electrons. The van der Waals surface area contributed by atoms with E-state index in [0.29, 0.717) is 21.8 Å². The zero-order valence-electron chi connectivity index (χ0n) is 7.81. The van der Waals surface area contributed by atoms with Crippen LogP contribution in [0.4, 0.5) is 5.00 Å². The quantitative estimate of drug-likeness (QED) is 0.897. The monoisotopic (exact) mass is 240 g/mol. The minimum Gasteiger partial charge on any atom is -0.465 e. The number of anilines is 1. The molecule has 5 heteroatoms. The summed E-state index contributed by atoms with van der Waals surface area (Å²) in [5.74, 6) is 0. The normalized spacial score (nSPS) is 10.2. The molecule has 1 aromatic carbocycles. The summed E-state index contributed by atoms with van der Waals surface area (Å²) < 4.78 is 5.44. The van der Waals surface area contributed by atoms with Gasteiger partial charge in [0.1, 0.15) is 11.6 Å². The third kappa shape index (κ3) is 2.61. The van der Waals surface area contributed by atoms with Gasteiger partial charge >= 0.3 is 0 Å². The zero-order chi connectivity index (χ0) is 10.7. The Morgan fingerprint density at radius 3 is 2.87 bits per heavy atom. The second-order valence-corrected chi connectivity index (χ2v) is 4.34. The fourth-order valence-corrected chi connectivity index (χ4v) is 1.81. The third-order valence-corrected chi connectivity index (χ3v) is 2.92. The maximum Gasteiger partial charge on any atom is 0.275 e. The van der Waals surface area contributed by atoms with Crippen LogP contribution in [0.25, 0.3) is 0 Å². The molecule has 15 heavy (non-hydrogen) atoms. The number of benzene rings is 1. The molecular weight excluding hydrogens is 232 g/mol. The highest BCUT2D eigenvalue weighted by Gasteiger charge is 2.02. The Balaban J connectivity index is 2.02. The van der Waals surface area contributed by atoms with Crippen LogP contribution >= 0.6 is 22.9 Å². The third-order valence-electron chi connectivity index (χ3n) is 1.81. The first-order chi connectivity index (χ1) is 7.25. The molecule has 2 N–H and O–H groups in total. The van der Waals surface area contributed by atoms with E-state index >= 15 is 0 Å². The van der Waals surface area contributed by atoms with E-state index in [2.05, 4.69) is 4.98 Å². The second kappa shape index (κ2) is 4.51.